The van der Waals surface area contributed by atoms with Gasteiger partial charge in [0.05, 0.1) is 11.1 Å². The van der Waals surface area contributed by atoms with Crippen molar-refractivity contribution in [1.29, 1.82) is 0 Å². The number of carbonyl (C=O) groups is 1. The highest BCUT2D eigenvalue weighted by Gasteiger charge is 2.24. The van der Waals surface area contributed by atoms with E-state index in [4.69, 9.17) is 26.4 Å². The number of halogens is 1. The van der Waals surface area contributed by atoms with Crippen LogP contribution >= 0.6 is 11.6 Å². The summed E-state index contributed by atoms with van der Waals surface area (Å²) in [4.78, 5) is 17.8. The number of carboxylic acid groups (broad SMARTS) is 1. The van der Waals surface area contributed by atoms with E-state index >= 15 is 0 Å². The summed E-state index contributed by atoms with van der Waals surface area (Å²) in [5.41, 5.74) is 3.30. The number of aliphatic imine (C=N–C) groups is 1. The number of hydrogen-bond donors (Lipinski definition) is 2. The van der Waals surface area contributed by atoms with Crippen LogP contribution in [-0.4, -0.2) is 47.4 Å². The van der Waals surface area contributed by atoms with Gasteiger partial charge in [-0.15, -0.1) is 0 Å². The lowest BCUT2D eigenvalue weighted by atomic mass is 10.00. The van der Waals surface area contributed by atoms with Crippen LogP contribution in [-0.2, 0) is 4.79 Å². The molecular formula is C20H26ClN3O3. The molecule has 1 atom stereocenters. The molecule has 1 saturated heterocycles. The topological polar surface area (TPSA) is 74.2 Å². The van der Waals surface area contributed by atoms with E-state index < -0.39 is 5.97 Å². The number of ether oxygens (including phenoxy) is 1. The Morgan fingerprint density at radius 1 is 1.48 bits per heavy atom. The molecule has 1 aromatic carbocycles. The Hall–Kier alpha value is -2.05. The molecule has 146 valence electrons. The van der Waals surface area contributed by atoms with Gasteiger partial charge in [0.1, 0.15) is 11.9 Å². The van der Waals surface area contributed by atoms with Crippen LogP contribution in [0.15, 0.2) is 35.0 Å². The molecule has 1 unspecified atom stereocenters. The number of rotatable bonds is 7. The first kappa shape index (κ1) is 19.7. The normalized spacial score (nSPS) is 19.8. The maximum Gasteiger partial charge on any atom is 0.303 e. The molecule has 2 heterocycles. The highest BCUT2D eigenvalue weighted by molar-refractivity contribution is 6.32. The Morgan fingerprint density at radius 2 is 2.30 bits per heavy atom. The lowest BCUT2D eigenvalue weighted by Gasteiger charge is -2.33. The number of piperidine rings is 1. The predicted octanol–water partition coefficient (Wildman–Crippen LogP) is 3.62. The van der Waals surface area contributed by atoms with Gasteiger partial charge in [-0.25, -0.2) is 0 Å². The molecule has 2 N–H and O–H groups in total. The molecule has 0 aliphatic carbocycles. The molecule has 0 radical (unpaired) electrons. The molecule has 0 aromatic heterocycles. The standard InChI is InChI=1S/C20H26ClN3O3/c1-13(2)27-18-6-5-14(10-16(18)21)20-22-11-15-12-24(8-3-4-19(25)26)9-7-17(15)23-20/h5-6,10-11,13,20,22H,3-4,7-9,12H2,1-2H3,(H,25,26). The van der Waals surface area contributed by atoms with Gasteiger partial charge in [-0.2, -0.15) is 0 Å². The molecule has 2 aliphatic heterocycles. The molecule has 0 bridgehead atoms. The maximum absolute atomic E-state index is 10.7. The van der Waals surface area contributed by atoms with Crippen molar-refractivity contribution in [3.63, 3.8) is 0 Å². The van der Waals surface area contributed by atoms with Crippen molar-refractivity contribution >= 4 is 23.3 Å². The Labute approximate surface area is 164 Å². The average molecular weight is 392 g/mol. The van der Waals surface area contributed by atoms with E-state index in [2.05, 4.69) is 10.2 Å². The van der Waals surface area contributed by atoms with Crippen molar-refractivity contribution in [3.8, 4) is 5.75 Å². The second kappa shape index (κ2) is 8.76. The van der Waals surface area contributed by atoms with Gasteiger partial charge in [-0.05, 0) is 44.5 Å². The molecule has 0 spiro atoms. The van der Waals surface area contributed by atoms with Crippen LogP contribution in [0.5, 0.6) is 5.75 Å². The number of nitrogens with one attached hydrogen (secondary N) is 1. The fraction of sp³-hybridized carbons (Fsp3) is 0.500. The van der Waals surface area contributed by atoms with Crippen LogP contribution in [0.2, 0.25) is 5.02 Å². The fourth-order valence-corrected chi connectivity index (χ4v) is 3.57. The van der Waals surface area contributed by atoms with Gasteiger partial charge in [0, 0.05) is 43.4 Å². The summed E-state index contributed by atoms with van der Waals surface area (Å²) in [6.07, 6.45) is 3.73. The van der Waals surface area contributed by atoms with Crippen LogP contribution in [0.1, 0.15) is 44.8 Å². The van der Waals surface area contributed by atoms with Gasteiger partial charge in [-0.3, -0.25) is 14.7 Å². The van der Waals surface area contributed by atoms with Crippen molar-refractivity contribution < 1.29 is 14.6 Å². The summed E-state index contributed by atoms with van der Waals surface area (Å²) in [7, 11) is 0. The minimum absolute atomic E-state index is 0.0765. The molecular weight excluding hydrogens is 366 g/mol. The summed E-state index contributed by atoms with van der Waals surface area (Å²) in [5.74, 6) is -0.0519. The number of benzene rings is 1. The minimum atomic E-state index is -0.737. The van der Waals surface area contributed by atoms with Crippen LogP contribution in [0, 0.1) is 0 Å². The molecule has 0 amide bonds. The van der Waals surface area contributed by atoms with Gasteiger partial charge < -0.3 is 15.2 Å². The molecule has 3 rings (SSSR count). The van der Waals surface area contributed by atoms with E-state index in [-0.39, 0.29) is 18.7 Å². The van der Waals surface area contributed by atoms with Gasteiger partial charge in [0.2, 0.25) is 0 Å². The van der Waals surface area contributed by atoms with Crippen LogP contribution in [0.3, 0.4) is 0 Å². The Morgan fingerprint density at radius 3 is 3.00 bits per heavy atom. The van der Waals surface area contributed by atoms with Gasteiger partial charge >= 0.3 is 5.97 Å². The van der Waals surface area contributed by atoms with Crippen molar-refractivity contribution in [2.75, 3.05) is 19.6 Å². The third-order valence-corrected chi connectivity index (χ3v) is 4.92. The van der Waals surface area contributed by atoms with Crippen molar-refractivity contribution in [1.82, 2.24) is 10.2 Å². The lowest BCUT2D eigenvalue weighted by molar-refractivity contribution is -0.137. The van der Waals surface area contributed by atoms with E-state index in [1.807, 2.05) is 38.2 Å². The second-order valence-electron chi connectivity index (χ2n) is 7.19. The van der Waals surface area contributed by atoms with E-state index in [1.165, 1.54) is 5.57 Å². The molecule has 1 aromatic rings. The minimum Gasteiger partial charge on any atom is -0.489 e. The average Bonchev–Trinajstić information content (AvgIpc) is 2.62. The second-order valence-corrected chi connectivity index (χ2v) is 7.60. The third-order valence-electron chi connectivity index (χ3n) is 4.63. The van der Waals surface area contributed by atoms with E-state index in [0.717, 1.165) is 37.3 Å². The zero-order valence-corrected chi connectivity index (χ0v) is 16.5. The van der Waals surface area contributed by atoms with Crippen LogP contribution < -0.4 is 10.1 Å². The first-order valence-corrected chi connectivity index (χ1v) is 9.72. The quantitative estimate of drug-likeness (QED) is 0.742. The summed E-state index contributed by atoms with van der Waals surface area (Å²) in [6.45, 7) is 6.45. The molecule has 27 heavy (non-hydrogen) atoms. The van der Waals surface area contributed by atoms with Gasteiger partial charge in [0.25, 0.3) is 0 Å². The zero-order chi connectivity index (χ0) is 19.4. The Balaban J connectivity index is 1.62. The monoisotopic (exact) mass is 391 g/mol. The molecule has 6 nitrogen and oxygen atoms in total. The smallest absolute Gasteiger partial charge is 0.303 e. The summed E-state index contributed by atoms with van der Waals surface area (Å²) < 4.78 is 5.69. The zero-order valence-electron chi connectivity index (χ0n) is 15.7. The Bertz CT molecular complexity index is 761. The van der Waals surface area contributed by atoms with Gasteiger partial charge in [0.15, 0.2) is 0 Å². The van der Waals surface area contributed by atoms with Crippen molar-refractivity contribution in [2.45, 2.75) is 45.4 Å². The van der Waals surface area contributed by atoms with E-state index in [1.54, 1.807) is 0 Å². The Kier molecular flexibility index (Phi) is 6.39. The number of fused-ring (bicyclic) bond motifs is 1. The van der Waals surface area contributed by atoms with E-state index in [0.29, 0.717) is 17.2 Å². The molecule has 1 fully saturated rings. The lowest BCUT2D eigenvalue weighted by Crippen LogP contribution is -2.39. The fourth-order valence-electron chi connectivity index (χ4n) is 3.34. The van der Waals surface area contributed by atoms with Crippen molar-refractivity contribution in [3.05, 3.63) is 40.6 Å². The summed E-state index contributed by atoms with van der Waals surface area (Å²) in [6, 6.07) is 5.79. The highest BCUT2D eigenvalue weighted by Crippen LogP contribution is 2.31. The van der Waals surface area contributed by atoms with E-state index in [9.17, 15) is 4.79 Å². The SMILES string of the molecule is CC(C)Oc1ccc(C2N=C3CCN(CCCC(=O)O)CC3=CN2)cc1Cl. The molecule has 0 saturated carbocycles. The van der Waals surface area contributed by atoms with Crippen LogP contribution in [0.25, 0.3) is 0 Å². The summed E-state index contributed by atoms with van der Waals surface area (Å²) in [5, 5.41) is 12.7. The number of carboxylic acids is 1. The highest BCUT2D eigenvalue weighted by atomic mass is 35.5. The van der Waals surface area contributed by atoms with Gasteiger partial charge in [-0.1, -0.05) is 17.7 Å². The predicted molar refractivity (Wildman–Crippen MR) is 107 cm³/mol. The van der Waals surface area contributed by atoms with Crippen LogP contribution in [0.4, 0.5) is 0 Å². The largest absolute Gasteiger partial charge is 0.489 e. The first-order chi connectivity index (χ1) is 12.9. The molecule has 7 heteroatoms. The third kappa shape index (κ3) is 5.23. The number of hydrogen-bond acceptors (Lipinski definition) is 5. The summed E-state index contributed by atoms with van der Waals surface area (Å²) >= 11 is 6.35. The number of aliphatic carboxylic acids is 1. The maximum atomic E-state index is 10.7. The first-order valence-electron chi connectivity index (χ1n) is 9.35. The number of likely N-dealkylation sites (tertiary alicyclic amines) is 1. The van der Waals surface area contributed by atoms with Crippen molar-refractivity contribution in [2.24, 2.45) is 4.99 Å². The molecule has 2 aliphatic rings. The number of nitrogens with zero attached hydrogens (tertiary/aromatic N) is 2.